The van der Waals surface area contributed by atoms with Gasteiger partial charge in [-0.25, -0.2) is 4.79 Å². The van der Waals surface area contributed by atoms with Crippen LogP contribution in [0.2, 0.25) is 0 Å². The van der Waals surface area contributed by atoms with Crippen LogP contribution < -0.4 is 5.32 Å². The highest BCUT2D eigenvalue weighted by atomic mass is 16.4. The molecule has 17 heavy (non-hydrogen) atoms. The number of carboxylic acids is 1. The molecule has 1 saturated heterocycles. The van der Waals surface area contributed by atoms with Crippen LogP contribution in [0.1, 0.15) is 35.9 Å². The molecule has 0 aromatic carbocycles. The molecule has 0 bridgehead atoms. The van der Waals surface area contributed by atoms with Crippen LogP contribution in [0.15, 0.2) is 16.7 Å². The summed E-state index contributed by atoms with van der Waals surface area (Å²) in [4.78, 5) is 11.0. The summed E-state index contributed by atoms with van der Waals surface area (Å²) in [7, 11) is 0. The Labute approximate surface area is 99.4 Å². The third-order valence-corrected chi connectivity index (χ3v) is 3.45. The summed E-state index contributed by atoms with van der Waals surface area (Å²) in [6, 6.07) is 1.38. The second-order valence-corrected chi connectivity index (χ2v) is 4.66. The van der Waals surface area contributed by atoms with Crippen LogP contribution in [0, 0.1) is 5.92 Å². The minimum Gasteiger partial charge on any atom is -0.478 e. The van der Waals surface area contributed by atoms with Crippen molar-refractivity contribution in [3.05, 3.63) is 23.7 Å². The first-order chi connectivity index (χ1) is 8.03. The normalized spacial score (nSPS) is 24.2. The first-order valence-electron chi connectivity index (χ1n) is 5.78. The van der Waals surface area contributed by atoms with E-state index in [1.54, 1.807) is 6.92 Å². The molecule has 2 atom stereocenters. The highest BCUT2D eigenvalue weighted by Gasteiger charge is 2.40. The molecule has 1 aromatic heterocycles. The number of carbonyl (C=O) groups is 1. The molecule has 0 aliphatic carbocycles. The molecule has 0 spiro atoms. The molecule has 1 fully saturated rings. The van der Waals surface area contributed by atoms with Gasteiger partial charge < -0.3 is 19.9 Å². The Morgan fingerprint density at radius 3 is 3.00 bits per heavy atom. The fraction of sp³-hybridized carbons (Fsp3) is 0.583. The van der Waals surface area contributed by atoms with Gasteiger partial charge in [-0.05, 0) is 32.4 Å². The molecule has 0 saturated carbocycles. The van der Waals surface area contributed by atoms with Crippen LogP contribution in [0.3, 0.4) is 0 Å². The van der Waals surface area contributed by atoms with Crippen molar-refractivity contribution in [3.8, 4) is 0 Å². The Balaban J connectivity index is 2.29. The lowest BCUT2D eigenvalue weighted by atomic mass is 9.80. The van der Waals surface area contributed by atoms with Crippen LogP contribution in [0.5, 0.6) is 0 Å². The van der Waals surface area contributed by atoms with E-state index >= 15 is 0 Å². The van der Waals surface area contributed by atoms with Gasteiger partial charge in [0.15, 0.2) is 0 Å². The number of carboxylic acid groups (broad SMARTS) is 1. The number of hydrogen-bond acceptors (Lipinski definition) is 4. The number of piperidine rings is 1. The minimum absolute atomic E-state index is 0.0273. The SMILES string of the molecule is CC(O)(c1occc1C(=O)O)C1CCCNC1. The summed E-state index contributed by atoms with van der Waals surface area (Å²) >= 11 is 0. The van der Waals surface area contributed by atoms with E-state index < -0.39 is 11.6 Å². The van der Waals surface area contributed by atoms with Gasteiger partial charge in [0.1, 0.15) is 16.9 Å². The highest BCUT2D eigenvalue weighted by molar-refractivity contribution is 5.89. The smallest absolute Gasteiger partial charge is 0.339 e. The van der Waals surface area contributed by atoms with Crippen molar-refractivity contribution in [3.63, 3.8) is 0 Å². The summed E-state index contributed by atoms with van der Waals surface area (Å²) < 4.78 is 5.19. The standard InChI is InChI=1S/C12H17NO4/c1-12(16,8-3-2-5-13-7-8)10-9(11(14)15)4-6-17-10/h4,6,8,13,16H,2-3,5,7H2,1H3,(H,14,15). The molecule has 2 unspecified atom stereocenters. The molecule has 2 heterocycles. The quantitative estimate of drug-likeness (QED) is 0.738. The minimum atomic E-state index is -1.25. The van der Waals surface area contributed by atoms with Crippen molar-refractivity contribution in [2.75, 3.05) is 13.1 Å². The van der Waals surface area contributed by atoms with Crippen LogP contribution >= 0.6 is 0 Å². The first-order valence-corrected chi connectivity index (χ1v) is 5.78. The van der Waals surface area contributed by atoms with Gasteiger partial charge in [-0.1, -0.05) is 0 Å². The number of aromatic carboxylic acids is 1. The lowest BCUT2D eigenvalue weighted by Crippen LogP contribution is -2.42. The fourth-order valence-corrected chi connectivity index (χ4v) is 2.39. The van der Waals surface area contributed by atoms with Crippen molar-refractivity contribution < 1.29 is 19.4 Å². The summed E-state index contributed by atoms with van der Waals surface area (Å²) in [5, 5.41) is 22.8. The molecule has 1 aromatic rings. The zero-order valence-electron chi connectivity index (χ0n) is 9.77. The molecule has 3 N–H and O–H groups in total. The summed E-state index contributed by atoms with van der Waals surface area (Å²) in [6.45, 7) is 3.24. The Hall–Kier alpha value is -1.33. The molecule has 94 valence electrons. The maximum atomic E-state index is 11.0. The predicted molar refractivity (Wildman–Crippen MR) is 60.8 cm³/mol. The van der Waals surface area contributed by atoms with Gasteiger partial charge in [-0.3, -0.25) is 0 Å². The van der Waals surface area contributed by atoms with Gasteiger partial charge in [-0.15, -0.1) is 0 Å². The Morgan fingerprint density at radius 2 is 2.41 bits per heavy atom. The van der Waals surface area contributed by atoms with E-state index in [0.717, 1.165) is 19.4 Å². The fourth-order valence-electron chi connectivity index (χ4n) is 2.39. The zero-order chi connectivity index (χ0) is 12.5. The third kappa shape index (κ3) is 2.21. The summed E-state index contributed by atoms with van der Waals surface area (Å²) in [5.74, 6) is -0.947. The topological polar surface area (TPSA) is 82.7 Å². The Morgan fingerprint density at radius 1 is 1.65 bits per heavy atom. The number of hydrogen-bond donors (Lipinski definition) is 3. The van der Waals surface area contributed by atoms with Crippen LogP contribution in [0.25, 0.3) is 0 Å². The molecule has 1 aliphatic rings. The lowest BCUT2D eigenvalue weighted by Gasteiger charge is -2.34. The van der Waals surface area contributed by atoms with Crippen LogP contribution in [-0.4, -0.2) is 29.3 Å². The van der Waals surface area contributed by atoms with Gasteiger partial charge in [0, 0.05) is 12.5 Å². The molecular formula is C12H17NO4. The van der Waals surface area contributed by atoms with E-state index in [1.165, 1.54) is 12.3 Å². The van der Waals surface area contributed by atoms with Gasteiger partial charge >= 0.3 is 5.97 Å². The molecule has 5 nitrogen and oxygen atoms in total. The van der Waals surface area contributed by atoms with Gasteiger partial charge in [-0.2, -0.15) is 0 Å². The Bertz CT molecular complexity index is 404. The average Bonchev–Trinajstić information content (AvgIpc) is 2.80. The number of nitrogens with one attached hydrogen (secondary N) is 1. The van der Waals surface area contributed by atoms with Crippen molar-refractivity contribution >= 4 is 5.97 Å². The second-order valence-electron chi connectivity index (χ2n) is 4.66. The number of furan rings is 1. The summed E-state index contributed by atoms with van der Waals surface area (Å²) in [6.07, 6.45) is 3.15. The van der Waals surface area contributed by atoms with Gasteiger partial charge in [0.2, 0.25) is 0 Å². The maximum absolute atomic E-state index is 11.0. The molecule has 1 aliphatic heterocycles. The molecular weight excluding hydrogens is 222 g/mol. The van der Waals surface area contributed by atoms with Crippen LogP contribution in [0.4, 0.5) is 0 Å². The number of rotatable bonds is 3. The molecule has 0 amide bonds. The average molecular weight is 239 g/mol. The predicted octanol–water partition coefficient (Wildman–Crippen LogP) is 1.18. The van der Waals surface area contributed by atoms with E-state index in [9.17, 15) is 9.90 Å². The lowest BCUT2D eigenvalue weighted by molar-refractivity contribution is -0.0346. The van der Waals surface area contributed by atoms with E-state index in [2.05, 4.69) is 5.32 Å². The van der Waals surface area contributed by atoms with E-state index in [0.29, 0.717) is 6.54 Å². The zero-order valence-corrected chi connectivity index (χ0v) is 9.77. The van der Waals surface area contributed by atoms with Crippen LogP contribution in [-0.2, 0) is 5.60 Å². The van der Waals surface area contributed by atoms with Crippen molar-refractivity contribution in [1.29, 1.82) is 0 Å². The molecule has 2 rings (SSSR count). The first kappa shape index (κ1) is 12.1. The van der Waals surface area contributed by atoms with E-state index in [1.807, 2.05) is 0 Å². The van der Waals surface area contributed by atoms with Crippen molar-refractivity contribution in [2.24, 2.45) is 5.92 Å². The van der Waals surface area contributed by atoms with Crippen molar-refractivity contribution in [2.45, 2.75) is 25.4 Å². The van der Waals surface area contributed by atoms with E-state index in [4.69, 9.17) is 9.52 Å². The Kier molecular flexibility index (Phi) is 3.22. The van der Waals surface area contributed by atoms with Gasteiger partial charge in [0.05, 0.1) is 6.26 Å². The highest BCUT2D eigenvalue weighted by Crippen LogP contribution is 2.35. The molecule has 0 radical (unpaired) electrons. The monoisotopic (exact) mass is 239 g/mol. The maximum Gasteiger partial charge on any atom is 0.339 e. The number of aliphatic hydroxyl groups is 1. The summed E-state index contributed by atoms with van der Waals surface area (Å²) in [5.41, 5.74) is -1.20. The molecule has 5 heteroatoms. The van der Waals surface area contributed by atoms with Crippen molar-refractivity contribution in [1.82, 2.24) is 5.32 Å². The van der Waals surface area contributed by atoms with Gasteiger partial charge in [0.25, 0.3) is 0 Å². The van der Waals surface area contributed by atoms with E-state index in [-0.39, 0.29) is 17.2 Å². The third-order valence-electron chi connectivity index (χ3n) is 3.45. The second kappa shape index (κ2) is 4.50. The largest absolute Gasteiger partial charge is 0.478 e.